The molecule has 6 nitrogen and oxygen atoms in total. The summed E-state index contributed by atoms with van der Waals surface area (Å²) in [4.78, 5) is 28.2. The SMILES string of the molecule is CC1(C(=O)NS(=O)(=O)c2cccs2)CCN1C(=O)C1(c2ccccc2)CCCC1. The Labute approximate surface area is 175 Å². The molecule has 1 saturated heterocycles. The maximum Gasteiger partial charge on any atom is 0.273 e. The van der Waals surface area contributed by atoms with E-state index in [9.17, 15) is 18.0 Å². The zero-order valence-electron chi connectivity index (χ0n) is 16.3. The summed E-state index contributed by atoms with van der Waals surface area (Å²) >= 11 is 1.05. The average Bonchev–Trinajstić information content (AvgIpc) is 3.39. The number of nitrogens with one attached hydrogen (secondary N) is 1. The molecule has 8 heteroatoms. The first-order chi connectivity index (χ1) is 13.8. The first kappa shape index (κ1) is 20.1. The lowest BCUT2D eigenvalue weighted by Crippen LogP contribution is -2.70. The molecule has 1 atom stereocenters. The van der Waals surface area contributed by atoms with Crippen LogP contribution in [0.1, 0.15) is 44.6 Å². The van der Waals surface area contributed by atoms with Crippen LogP contribution in [0.25, 0.3) is 0 Å². The van der Waals surface area contributed by atoms with Gasteiger partial charge in [0.1, 0.15) is 9.75 Å². The molecule has 2 heterocycles. The van der Waals surface area contributed by atoms with Gasteiger partial charge < -0.3 is 4.90 Å². The van der Waals surface area contributed by atoms with E-state index < -0.39 is 26.9 Å². The zero-order chi connectivity index (χ0) is 20.7. The molecule has 1 unspecified atom stereocenters. The van der Waals surface area contributed by atoms with Crippen LogP contribution in [0.2, 0.25) is 0 Å². The minimum atomic E-state index is -3.93. The molecule has 0 radical (unpaired) electrons. The van der Waals surface area contributed by atoms with Crippen LogP contribution >= 0.6 is 11.3 Å². The summed E-state index contributed by atoms with van der Waals surface area (Å²) in [7, 11) is -3.93. The molecule has 1 aliphatic carbocycles. The van der Waals surface area contributed by atoms with Gasteiger partial charge in [-0.2, -0.15) is 0 Å². The molecule has 2 aliphatic rings. The van der Waals surface area contributed by atoms with Crippen molar-refractivity contribution in [1.82, 2.24) is 9.62 Å². The van der Waals surface area contributed by atoms with E-state index in [2.05, 4.69) is 4.72 Å². The molecule has 0 bridgehead atoms. The Morgan fingerprint density at radius 2 is 1.72 bits per heavy atom. The van der Waals surface area contributed by atoms with Crippen LogP contribution in [-0.4, -0.2) is 37.2 Å². The number of thiophene rings is 1. The van der Waals surface area contributed by atoms with Gasteiger partial charge in [-0.3, -0.25) is 9.59 Å². The van der Waals surface area contributed by atoms with Crippen molar-refractivity contribution in [1.29, 1.82) is 0 Å². The van der Waals surface area contributed by atoms with E-state index in [0.717, 1.165) is 42.6 Å². The summed E-state index contributed by atoms with van der Waals surface area (Å²) in [6.45, 7) is 2.11. The maximum absolute atomic E-state index is 13.7. The van der Waals surface area contributed by atoms with E-state index in [1.165, 1.54) is 6.07 Å². The van der Waals surface area contributed by atoms with Gasteiger partial charge >= 0.3 is 0 Å². The summed E-state index contributed by atoms with van der Waals surface area (Å²) in [5, 5.41) is 1.64. The van der Waals surface area contributed by atoms with Crippen LogP contribution in [0, 0.1) is 0 Å². The van der Waals surface area contributed by atoms with E-state index in [4.69, 9.17) is 0 Å². The van der Waals surface area contributed by atoms with E-state index in [1.54, 1.807) is 23.3 Å². The third-order valence-corrected chi connectivity index (χ3v) is 9.06. The molecule has 1 saturated carbocycles. The third kappa shape index (κ3) is 3.28. The Bertz CT molecular complexity index is 1010. The molecule has 4 rings (SSSR count). The Morgan fingerprint density at radius 1 is 1.03 bits per heavy atom. The van der Waals surface area contributed by atoms with Crippen LogP contribution in [0.4, 0.5) is 0 Å². The lowest BCUT2D eigenvalue weighted by atomic mass is 9.74. The highest BCUT2D eigenvalue weighted by Gasteiger charge is 2.56. The van der Waals surface area contributed by atoms with Gasteiger partial charge in [0, 0.05) is 6.54 Å². The predicted molar refractivity (Wildman–Crippen MR) is 111 cm³/mol. The van der Waals surface area contributed by atoms with E-state index in [0.29, 0.717) is 13.0 Å². The van der Waals surface area contributed by atoms with Crippen LogP contribution in [0.15, 0.2) is 52.1 Å². The Hall–Kier alpha value is -2.19. The van der Waals surface area contributed by atoms with Crippen molar-refractivity contribution >= 4 is 33.2 Å². The Kier molecular flexibility index (Phi) is 5.02. The van der Waals surface area contributed by atoms with Gasteiger partial charge in [-0.1, -0.05) is 49.2 Å². The summed E-state index contributed by atoms with van der Waals surface area (Å²) < 4.78 is 27.2. The number of nitrogens with zero attached hydrogens (tertiary/aromatic N) is 1. The molecular formula is C21H24N2O4S2. The number of amides is 2. The summed E-state index contributed by atoms with van der Waals surface area (Å²) in [5.41, 5.74) is -0.815. The van der Waals surface area contributed by atoms with Gasteiger partial charge in [0.25, 0.3) is 15.9 Å². The molecule has 1 N–H and O–H groups in total. The molecular weight excluding hydrogens is 408 g/mol. The summed E-state index contributed by atoms with van der Waals surface area (Å²) in [5.74, 6) is -0.717. The van der Waals surface area contributed by atoms with Crippen molar-refractivity contribution in [3.63, 3.8) is 0 Å². The fourth-order valence-electron chi connectivity index (χ4n) is 4.44. The van der Waals surface area contributed by atoms with E-state index in [1.807, 2.05) is 30.3 Å². The Balaban J connectivity index is 1.59. The minimum Gasteiger partial charge on any atom is -0.327 e. The molecule has 1 aromatic carbocycles. The number of benzene rings is 1. The maximum atomic E-state index is 13.7. The number of hydrogen-bond acceptors (Lipinski definition) is 5. The van der Waals surface area contributed by atoms with Crippen molar-refractivity contribution < 1.29 is 18.0 Å². The topological polar surface area (TPSA) is 83.6 Å². The fourth-order valence-corrected chi connectivity index (χ4v) is 6.51. The van der Waals surface area contributed by atoms with E-state index in [-0.39, 0.29) is 10.1 Å². The van der Waals surface area contributed by atoms with Crippen LogP contribution in [-0.2, 0) is 25.0 Å². The van der Waals surface area contributed by atoms with Gasteiger partial charge in [0.05, 0.1) is 5.41 Å². The second-order valence-corrected chi connectivity index (χ2v) is 10.9. The number of rotatable bonds is 5. The van der Waals surface area contributed by atoms with Crippen molar-refractivity contribution in [3.8, 4) is 0 Å². The standard InChI is InChI=1S/C21H24N2O4S2/c1-20(18(24)22-29(26,27)17-10-7-15-28-17)13-14-23(20)19(25)21(11-5-6-12-21)16-8-3-2-4-9-16/h2-4,7-10,15H,5-6,11-14H2,1H3,(H,22,24). The molecule has 1 aromatic heterocycles. The van der Waals surface area contributed by atoms with Crippen LogP contribution in [0.3, 0.4) is 0 Å². The number of hydrogen-bond donors (Lipinski definition) is 1. The molecule has 0 spiro atoms. The van der Waals surface area contributed by atoms with Gasteiger partial charge in [-0.25, -0.2) is 13.1 Å². The number of carbonyl (C=O) groups excluding carboxylic acids is 2. The predicted octanol–water partition coefficient (Wildman–Crippen LogP) is 3.06. The van der Waals surface area contributed by atoms with Crippen molar-refractivity contribution in [3.05, 3.63) is 53.4 Å². The molecule has 154 valence electrons. The van der Waals surface area contributed by atoms with Gasteiger partial charge in [-0.05, 0) is 43.2 Å². The lowest BCUT2D eigenvalue weighted by Gasteiger charge is -2.52. The smallest absolute Gasteiger partial charge is 0.273 e. The Morgan fingerprint density at radius 3 is 2.28 bits per heavy atom. The third-order valence-electron chi connectivity index (χ3n) is 6.33. The largest absolute Gasteiger partial charge is 0.327 e. The summed E-state index contributed by atoms with van der Waals surface area (Å²) in [6, 6.07) is 12.8. The van der Waals surface area contributed by atoms with Gasteiger partial charge in [0.15, 0.2) is 0 Å². The number of likely N-dealkylation sites (tertiary alicyclic amines) is 1. The normalized spacial score (nSPS) is 23.4. The van der Waals surface area contributed by atoms with Crippen LogP contribution < -0.4 is 4.72 Å². The summed E-state index contributed by atoms with van der Waals surface area (Å²) in [6.07, 6.45) is 3.86. The molecule has 2 fully saturated rings. The quantitative estimate of drug-likeness (QED) is 0.787. The lowest BCUT2D eigenvalue weighted by molar-refractivity contribution is -0.161. The highest BCUT2D eigenvalue weighted by atomic mass is 32.2. The minimum absolute atomic E-state index is 0.0707. The second-order valence-electron chi connectivity index (χ2n) is 8.00. The average molecular weight is 433 g/mol. The zero-order valence-corrected chi connectivity index (χ0v) is 17.9. The van der Waals surface area contributed by atoms with Crippen LogP contribution in [0.5, 0.6) is 0 Å². The molecule has 2 aromatic rings. The van der Waals surface area contributed by atoms with Gasteiger partial charge in [-0.15, -0.1) is 11.3 Å². The van der Waals surface area contributed by atoms with Gasteiger partial charge in [0.2, 0.25) is 5.91 Å². The fraction of sp³-hybridized carbons (Fsp3) is 0.429. The molecule has 29 heavy (non-hydrogen) atoms. The number of sulfonamides is 1. The molecule has 2 amide bonds. The number of carbonyl (C=O) groups is 2. The van der Waals surface area contributed by atoms with E-state index >= 15 is 0 Å². The first-order valence-electron chi connectivity index (χ1n) is 9.78. The first-order valence-corrected chi connectivity index (χ1v) is 12.1. The molecule has 1 aliphatic heterocycles. The highest BCUT2D eigenvalue weighted by molar-refractivity contribution is 7.92. The van der Waals surface area contributed by atoms with Crippen molar-refractivity contribution in [2.24, 2.45) is 0 Å². The van der Waals surface area contributed by atoms with Crippen molar-refractivity contribution in [2.45, 2.75) is 54.2 Å². The monoisotopic (exact) mass is 432 g/mol. The highest BCUT2D eigenvalue weighted by Crippen LogP contribution is 2.46. The van der Waals surface area contributed by atoms with Crippen molar-refractivity contribution in [2.75, 3.05) is 6.54 Å². The second kappa shape index (κ2) is 7.25.